The van der Waals surface area contributed by atoms with E-state index in [4.69, 9.17) is 0 Å². The summed E-state index contributed by atoms with van der Waals surface area (Å²) in [4.78, 5) is 23.4. The third-order valence-corrected chi connectivity index (χ3v) is 3.36. The van der Waals surface area contributed by atoms with Crippen LogP contribution in [0.15, 0.2) is 64.2 Å². The fraction of sp³-hybridized carbons (Fsp3) is 0.0625. The zero-order valence-electron chi connectivity index (χ0n) is 11.6. The van der Waals surface area contributed by atoms with Crippen molar-refractivity contribution in [2.45, 2.75) is 6.42 Å². The van der Waals surface area contributed by atoms with Gasteiger partial charge in [0.25, 0.3) is 0 Å². The highest BCUT2D eigenvalue weighted by atomic mass is 79.9. The molecule has 0 aliphatic rings. The zero-order chi connectivity index (χ0) is 15.8. The molecule has 22 heavy (non-hydrogen) atoms. The number of carbonyl (C=O) groups is 2. The number of hydrogen-bond acceptors (Lipinski definition) is 3. The van der Waals surface area contributed by atoms with Gasteiger partial charge in [0.05, 0.1) is 11.9 Å². The van der Waals surface area contributed by atoms with E-state index in [1.54, 1.807) is 18.2 Å². The fourth-order valence-electron chi connectivity index (χ4n) is 1.66. The minimum Gasteiger partial charge on any atom is -0.325 e. The van der Waals surface area contributed by atoms with Crippen molar-refractivity contribution in [2.75, 3.05) is 5.32 Å². The number of nitrogens with zero attached hydrogens (tertiary/aromatic N) is 1. The summed E-state index contributed by atoms with van der Waals surface area (Å²) in [5.41, 5.74) is 3.80. The lowest BCUT2D eigenvalue weighted by Crippen LogP contribution is -2.24. The van der Waals surface area contributed by atoms with Crippen LogP contribution in [0.3, 0.4) is 0 Å². The molecule has 0 fully saturated rings. The SMILES string of the molecule is O=C(CC(=O)Nc1ccccc1Br)NN=Cc1ccccc1. The number of halogens is 1. The Balaban J connectivity index is 1.81. The molecule has 0 aliphatic carbocycles. The van der Waals surface area contributed by atoms with Crippen molar-refractivity contribution in [3.63, 3.8) is 0 Å². The van der Waals surface area contributed by atoms with E-state index in [0.717, 1.165) is 10.0 Å². The van der Waals surface area contributed by atoms with Gasteiger partial charge >= 0.3 is 0 Å². The molecule has 0 unspecified atom stereocenters. The van der Waals surface area contributed by atoms with Gasteiger partial charge in [-0.3, -0.25) is 9.59 Å². The molecule has 0 heterocycles. The molecule has 0 radical (unpaired) electrons. The Morgan fingerprint density at radius 1 is 1.00 bits per heavy atom. The summed E-state index contributed by atoms with van der Waals surface area (Å²) in [6.07, 6.45) is 1.22. The number of rotatable bonds is 5. The predicted molar refractivity (Wildman–Crippen MR) is 89.6 cm³/mol. The Labute approximate surface area is 136 Å². The van der Waals surface area contributed by atoms with E-state index >= 15 is 0 Å². The fourth-order valence-corrected chi connectivity index (χ4v) is 2.04. The van der Waals surface area contributed by atoms with E-state index in [1.165, 1.54) is 6.21 Å². The number of para-hydroxylation sites is 1. The molecular weight excluding hydrogens is 346 g/mol. The van der Waals surface area contributed by atoms with Crippen molar-refractivity contribution in [1.29, 1.82) is 0 Å². The maximum absolute atomic E-state index is 11.8. The third kappa shape index (κ3) is 5.14. The lowest BCUT2D eigenvalue weighted by molar-refractivity contribution is -0.126. The Kier molecular flexibility index (Phi) is 5.85. The van der Waals surface area contributed by atoms with Crippen LogP contribution in [0.1, 0.15) is 12.0 Å². The average Bonchev–Trinajstić information content (AvgIpc) is 2.50. The summed E-state index contributed by atoms with van der Waals surface area (Å²) >= 11 is 3.32. The molecule has 0 bridgehead atoms. The second-order valence-corrected chi connectivity index (χ2v) is 5.26. The summed E-state index contributed by atoms with van der Waals surface area (Å²) in [7, 11) is 0. The van der Waals surface area contributed by atoms with Gasteiger partial charge in [0.15, 0.2) is 0 Å². The van der Waals surface area contributed by atoms with Crippen LogP contribution < -0.4 is 10.7 Å². The maximum Gasteiger partial charge on any atom is 0.249 e. The number of carbonyl (C=O) groups excluding carboxylic acids is 2. The van der Waals surface area contributed by atoms with Crippen molar-refractivity contribution < 1.29 is 9.59 Å². The summed E-state index contributed by atoms with van der Waals surface area (Å²) in [5.74, 6) is -0.879. The van der Waals surface area contributed by atoms with Crippen LogP contribution in [0.25, 0.3) is 0 Å². The quantitative estimate of drug-likeness (QED) is 0.489. The first kappa shape index (κ1) is 15.9. The van der Waals surface area contributed by atoms with Crippen molar-refractivity contribution in [2.24, 2.45) is 5.10 Å². The van der Waals surface area contributed by atoms with Crippen molar-refractivity contribution in [1.82, 2.24) is 5.43 Å². The van der Waals surface area contributed by atoms with Crippen LogP contribution >= 0.6 is 15.9 Å². The van der Waals surface area contributed by atoms with Gasteiger partial charge in [-0.1, -0.05) is 42.5 Å². The van der Waals surface area contributed by atoms with Crippen molar-refractivity contribution >= 4 is 39.6 Å². The summed E-state index contributed by atoms with van der Waals surface area (Å²) < 4.78 is 0.755. The molecule has 0 spiro atoms. The van der Waals surface area contributed by atoms with E-state index in [2.05, 4.69) is 31.8 Å². The molecule has 0 saturated heterocycles. The van der Waals surface area contributed by atoms with Gasteiger partial charge in [-0.25, -0.2) is 5.43 Å². The number of benzene rings is 2. The van der Waals surface area contributed by atoms with Gasteiger partial charge in [0, 0.05) is 4.47 Å². The molecular formula is C16H14BrN3O2. The summed E-state index contributed by atoms with van der Waals surface area (Å²) in [6.45, 7) is 0. The highest BCUT2D eigenvalue weighted by Crippen LogP contribution is 2.21. The molecule has 0 saturated carbocycles. The summed E-state index contributed by atoms with van der Waals surface area (Å²) in [6, 6.07) is 16.5. The van der Waals surface area contributed by atoms with E-state index < -0.39 is 11.8 Å². The molecule has 0 aliphatic heterocycles. The Morgan fingerprint density at radius 2 is 1.68 bits per heavy atom. The maximum atomic E-state index is 11.8. The molecule has 6 heteroatoms. The van der Waals surface area contributed by atoms with Crippen LogP contribution in [0, 0.1) is 0 Å². The summed E-state index contributed by atoms with van der Waals surface area (Å²) in [5, 5.41) is 6.46. The van der Waals surface area contributed by atoms with Crippen LogP contribution in [-0.2, 0) is 9.59 Å². The van der Waals surface area contributed by atoms with Gasteiger partial charge in [-0.05, 0) is 33.6 Å². The molecule has 2 amide bonds. The van der Waals surface area contributed by atoms with Crippen molar-refractivity contribution in [3.8, 4) is 0 Å². The molecule has 2 N–H and O–H groups in total. The van der Waals surface area contributed by atoms with E-state index in [-0.39, 0.29) is 6.42 Å². The molecule has 2 aromatic carbocycles. The Bertz CT molecular complexity index is 687. The highest BCUT2D eigenvalue weighted by molar-refractivity contribution is 9.10. The van der Waals surface area contributed by atoms with E-state index in [0.29, 0.717) is 5.69 Å². The second kappa shape index (κ2) is 8.09. The number of hydrazone groups is 1. The predicted octanol–water partition coefficient (Wildman–Crippen LogP) is 2.93. The first-order valence-electron chi connectivity index (χ1n) is 6.56. The number of anilines is 1. The highest BCUT2D eigenvalue weighted by Gasteiger charge is 2.10. The molecule has 5 nitrogen and oxygen atoms in total. The average molecular weight is 360 g/mol. The van der Waals surface area contributed by atoms with Gasteiger partial charge in [-0.2, -0.15) is 5.10 Å². The molecule has 2 rings (SSSR count). The van der Waals surface area contributed by atoms with Crippen LogP contribution in [0.2, 0.25) is 0 Å². The number of amides is 2. The molecule has 2 aromatic rings. The standard InChI is InChI=1S/C16H14BrN3O2/c17-13-8-4-5-9-14(13)19-15(21)10-16(22)20-18-11-12-6-2-1-3-7-12/h1-9,11H,10H2,(H,19,21)(H,20,22). The second-order valence-electron chi connectivity index (χ2n) is 4.41. The Morgan fingerprint density at radius 3 is 2.41 bits per heavy atom. The van der Waals surface area contributed by atoms with Gasteiger partial charge < -0.3 is 5.32 Å². The number of nitrogens with one attached hydrogen (secondary N) is 2. The van der Waals surface area contributed by atoms with Gasteiger partial charge in [0.2, 0.25) is 11.8 Å². The topological polar surface area (TPSA) is 70.6 Å². The number of hydrogen-bond donors (Lipinski definition) is 2. The van der Waals surface area contributed by atoms with Crippen LogP contribution in [0.4, 0.5) is 5.69 Å². The Hall–Kier alpha value is -2.47. The van der Waals surface area contributed by atoms with E-state index in [9.17, 15) is 9.59 Å². The van der Waals surface area contributed by atoms with Gasteiger partial charge in [0.1, 0.15) is 6.42 Å². The normalized spacial score (nSPS) is 10.4. The van der Waals surface area contributed by atoms with Crippen LogP contribution in [-0.4, -0.2) is 18.0 Å². The zero-order valence-corrected chi connectivity index (χ0v) is 13.2. The first-order chi connectivity index (χ1) is 10.6. The monoisotopic (exact) mass is 359 g/mol. The lowest BCUT2D eigenvalue weighted by Gasteiger charge is -2.06. The van der Waals surface area contributed by atoms with Crippen molar-refractivity contribution in [3.05, 3.63) is 64.6 Å². The van der Waals surface area contributed by atoms with E-state index in [1.807, 2.05) is 36.4 Å². The largest absolute Gasteiger partial charge is 0.325 e. The minimum absolute atomic E-state index is 0.298. The molecule has 112 valence electrons. The molecule has 0 aromatic heterocycles. The minimum atomic E-state index is -0.475. The molecule has 0 atom stereocenters. The first-order valence-corrected chi connectivity index (χ1v) is 7.36. The third-order valence-electron chi connectivity index (χ3n) is 2.67. The smallest absolute Gasteiger partial charge is 0.249 e. The van der Waals surface area contributed by atoms with Gasteiger partial charge in [-0.15, -0.1) is 0 Å². The lowest BCUT2D eigenvalue weighted by atomic mass is 10.2. The van der Waals surface area contributed by atoms with Crippen LogP contribution in [0.5, 0.6) is 0 Å².